The summed E-state index contributed by atoms with van der Waals surface area (Å²) in [5.41, 5.74) is 10.5. The van der Waals surface area contributed by atoms with Crippen LogP contribution in [0, 0.1) is 5.92 Å². The number of carbonyl (C=O) groups excluding carboxylic acids is 2. The molecular weight excluding hydrogens is 238 g/mol. The molecule has 6 N–H and O–H groups in total. The molecule has 0 rings (SSSR count). The summed E-state index contributed by atoms with van der Waals surface area (Å²) in [5.74, 6) is -2.42. The van der Waals surface area contributed by atoms with E-state index >= 15 is 0 Å². The minimum atomic E-state index is -1.10. The van der Waals surface area contributed by atoms with E-state index in [0.29, 0.717) is 6.42 Å². The summed E-state index contributed by atoms with van der Waals surface area (Å²) in [5, 5.41) is 11.4. The zero-order chi connectivity index (χ0) is 14.3. The highest BCUT2D eigenvalue weighted by atomic mass is 16.4. The van der Waals surface area contributed by atoms with Crippen molar-refractivity contribution in [3.05, 3.63) is 0 Å². The molecule has 0 fully saturated rings. The van der Waals surface area contributed by atoms with Crippen LogP contribution in [0.15, 0.2) is 0 Å². The molecule has 0 aromatic heterocycles. The molecule has 0 heterocycles. The van der Waals surface area contributed by atoms with Gasteiger partial charge in [-0.15, -0.1) is 0 Å². The Kier molecular flexibility index (Phi) is 6.96. The molecule has 104 valence electrons. The number of hydrogen-bond acceptors (Lipinski definition) is 4. The molecule has 18 heavy (non-hydrogen) atoms. The van der Waals surface area contributed by atoms with E-state index in [1.165, 1.54) is 0 Å². The zero-order valence-electron chi connectivity index (χ0n) is 10.7. The Labute approximate surface area is 106 Å². The summed E-state index contributed by atoms with van der Waals surface area (Å²) in [7, 11) is 0. The standard InChI is InChI=1S/C11H21N3O4/c1-3-6(2)9(11(17)18)14-10(16)7(12)4-5-8(13)15/h6-7,9H,3-5,12H2,1-2H3,(H2,13,15)(H,14,16)(H,17,18)/t6-,7-,9-/m0/s1. The van der Waals surface area contributed by atoms with Crippen molar-refractivity contribution >= 4 is 17.8 Å². The first kappa shape index (κ1) is 16.4. The van der Waals surface area contributed by atoms with Gasteiger partial charge in [0.15, 0.2) is 0 Å². The van der Waals surface area contributed by atoms with Crippen LogP contribution in [0.25, 0.3) is 0 Å². The minimum Gasteiger partial charge on any atom is -0.480 e. The van der Waals surface area contributed by atoms with Gasteiger partial charge < -0.3 is 21.9 Å². The minimum absolute atomic E-state index is 0.00431. The second kappa shape index (κ2) is 7.65. The molecule has 0 saturated heterocycles. The van der Waals surface area contributed by atoms with Crippen LogP contribution in [0.5, 0.6) is 0 Å². The molecule has 0 aromatic carbocycles. The number of primary amides is 1. The number of nitrogens with one attached hydrogen (secondary N) is 1. The van der Waals surface area contributed by atoms with Gasteiger partial charge in [0.1, 0.15) is 6.04 Å². The van der Waals surface area contributed by atoms with Gasteiger partial charge in [0, 0.05) is 6.42 Å². The highest BCUT2D eigenvalue weighted by Crippen LogP contribution is 2.08. The summed E-state index contributed by atoms with van der Waals surface area (Å²) in [6.45, 7) is 3.56. The Balaban J connectivity index is 4.41. The number of aliphatic carboxylic acids is 1. The number of nitrogens with two attached hydrogens (primary N) is 2. The highest BCUT2D eigenvalue weighted by Gasteiger charge is 2.27. The lowest BCUT2D eigenvalue weighted by molar-refractivity contribution is -0.143. The van der Waals surface area contributed by atoms with Crippen LogP contribution in [0.3, 0.4) is 0 Å². The smallest absolute Gasteiger partial charge is 0.326 e. The molecule has 0 aliphatic heterocycles. The van der Waals surface area contributed by atoms with Gasteiger partial charge >= 0.3 is 5.97 Å². The van der Waals surface area contributed by atoms with Gasteiger partial charge in [-0.2, -0.15) is 0 Å². The van der Waals surface area contributed by atoms with Crippen molar-refractivity contribution in [3.8, 4) is 0 Å². The lowest BCUT2D eigenvalue weighted by Gasteiger charge is -2.22. The fourth-order valence-electron chi connectivity index (χ4n) is 1.37. The molecule has 0 aliphatic carbocycles. The zero-order valence-corrected chi connectivity index (χ0v) is 10.7. The van der Waals surface area contributed by atoms with Gasteiger partial charge in [-0.3, -0.25) is 9.59 Å². The first-order valence-corrected chi connectivity index (χ1v) is 5.86. The Morgan fingerprint density at radius 1 is 1.33 bits per heavy atom. The maximum Gasteiger partial charge on any atom is 0.326 e. The van der Waals surface area contributed by atoms with Gasteiger partial charge in [-0.1, -0.05) is 20.3 Å². The number of rotatable bonds is 8. The van der Waals surface area contributed by atoms with Crippen molar-refractivity contribution in [3.63, 3.8) is 0 Å². The van der Waals surface area contributed by atoms with Crippen LogP contribution in [0.2, 0.25) is 0 Å². The van der Waals surface area contributed by atoms with Crippen molar-refractivity contribution in [1.82, 2.24) is 5.32 Å². The number of hydrogen-bond donors (Lipinski definition) is 4. The van der Waals surface area contributed by atoms with Crippen molar-refractivity contribution < 1.29 is 19.5 Å². The predicted octanol–water partition coefficient (Wildman–Crippen LogP) is -0.805. The molecule has 0 aliphatic rings. The Hall–Kier alpha value is -1.63. The van der Waals surface area contributed by atoms with Gasteiger partial charge in [0.2, 0.25) is 11.8 Å². The summed E-state index contributed by atoms with van der Waals surface area (Å²) >= 11 is 0. The van der Waals surface area contributed by atoms with Crippen molar-refractivity contribution in [2.24, 2.45) is 17.4 Å². The Bertz CT molecular complexity index is 319. The van der Waals surface area contributed by atoms with E-state index < -0.39 is 29.9 Å². The van der Waals surface area contributed by atoms with Crippen LogP contribution >= 0.6 is 0 Å². The SMILES string of the molecule is CC[C@H](C)[C@H](NC(=O)[C@@H](N)CCC(N)=O)C(=O)O. The first-order chi connectivity index (χ1) is 8.29. The van der Waals surface area contributed by atoms with Gasteiger partial charge in [0.05, 0.1) is 6.04 Å². The molecule has 7 heteroatoms. The van der Waals surface area contributed by atoms with Crippen LogP contribution < -0.4 is 16.8 Å². The summed E-state index contributed by atoms with van der Waals surface area (Å²) in [6.07, 6.45) is 0.720. The van der Waals surface area contributed by atoms with E-state index in [2.05, 4.69) is 5.32 Å². The molecule has 0 unspecified atom stereocenters. The monoisotopic (exact) mass is 259 g/mol. The summed E-state index contributed by atoms with van der Waals surface area (Å²) in [6, 6.07) is -1.90. The molecule has 2 amide bonds. The van der Waals surface area contributed by atoms with Gasteiger partial charge in [-0.05, 0) is 12.3 Å². The first-order valence-electron chi connectivity index (χ1n) is 5.86. The summed E-state index contributed by atoms with van der Waals surface area (Å²) < 4.78 is 0. The van der Waals surface area contributed by atoms with Crippen molar-refractivity contribution in [2.75, 3.05) is 0 Å². The van der Waals surface area contributed by atoms with Crippen molar-refractivity contribution in [1.29, 1.82) is 0 Å². The van der Waals surface area contributed by atoms with E-state index in [9.17, 15) is 14.4 Å². The Morgan fingerprint density at radius 2 is 1.89 bits per heavy atom. The molecule has 7 nitrogen and oxygen atoms in total. The fourth-order valence-corrected chi connectivity index (χ4v) is 1.37. The van der Waals surface area contributed by atoms with E-state index in [1.54, 1.807) is 6.92 Å². The number of amides is 2. The summed E-state index contributed by atoms with van der Waals surface area (Å²) in [4.78, 5) is 33.2. The highest BCUT2D eigenvalue weighted by molar-refractivity contribution is 5.87. The van der Waals surface area contributed by atoms with Crippen molar-refractivity contribution in [2.45, 2.75) is 45.2 Å². The number of carboxylic acids is 1. The lowest BCUT2D eigenvalue weighted by atomic mass is 9.98. The van der Waals surface area contributed by atoms with Crippen LogP contribution in [-0.4, -0.2) is 35.0 Å². The third kappa shape index (κ3) is 5.62. The average molecular weight is 259 g/mol. The van der Waals surface area contributed by atoms with Crippen LogP contribution in [-0.2, 0) is 14.4 Å². The Morgan fingerprint density at radius 3 is 2.28 bits per heavy atom. The second-order valence-corrected chi connectivity index (χ2v) is 4.32. The molecule has 0 bridgehead atoms. The topological polar surface area (TPSA) is 136 Å². The van der Waals surface area contributed by atoms with E-state index in [4.69, 9.17) is 16.6 Å². The fraction of sp³-hybridized carbons (Fsp3) is 0.727. The van der Waals surface area contributed by atoms with E-state index in [-0.39, 0.29) is 18.8 Å². The normalized spacial score (nSPS) is 15.5. The van der Waals surface area contributed by atoms with Crippen LogP contribution in [0.1, 0.15) is 33.1 Å². The third-order valence-corrected chi connectivity index (χ3v) is 2.82. The number of carboxylic acid groups (broad SMARTS) is 1. The van der Waals surface area contributed by atoms with Gasteiger partial charge in [-0.25, -0.2) is 4.79 Å². The third-order valence-electron chi connectivity index (χ3n) is 2.82. The molecule has 0 spiro atoms. The van der Waals surface area contributed by atoms with Crippen LogP contribution in [0.4, 0.5) is 0 Å². The molecule has 0 radical (unpaired) electrons. The second-order valence-electron chi connectivity index (χ2n) is 4.32. The lowest BCUT2D eigenvalue weighted by Crippen LogP contribution is -2.51. The van der Waals surface area contributed by atoms with E-state index in [1.807, 2.05) is 6.92 Å². The molecular formula is C11H21N3O4. The molecule has 0 saturated carbocycles. The number of carbonyl (C=O) groups is 3. The van der Waals surface area contributed by atoms with E-state index in [0.717, 1.165) is 0 Å². The van der Waals surface area contributed by atoms with Gasteiger partial charge in [0.25, 0.3) is 0 Å². The average Bonchev–Trinajstić information content (AvgIpc) is 2.30. The largest absolute Gasteiger partial charge is 0.480 e. The quantitative estimate of drug-likeness (QED) is 0.452. The maximum atomic E-state index is 11.6. The maximum absolute atomic E-state index is 11.6. The molecule has 3 atom stereocenters. The predicted molar refractivity (Wildman–Crippen MR) is 65.4 cm³/mol. The molecule has 0 aromatic rings.